The first kappa shape index (κ1) is 32.0. The summed E-state index contributed by atoms with van der Waals surface area (Å²) in [5.74, 6) is -1.04. The van der Waals surface area contributed by atoms with Crippen molar-refractivity contribution in [1.82, 2.24) is 0 Å². The van der Waals surface area contributed by atoms with E-state index in [-0.39, 0.29) is 18.6 Å². The van der Waals surface area contributed by atoms with Gasteiger partial charge in [0.15, 0.2) is 18.4 Å². The standard InChI is InChI=1S/C27H44O9/c1-9-31-21(6)34-23-14-15-27(8,36-22(7)32-10-2)25(33-20(5)29)13-11-12-24(35-26(30)17-23)18(3)16-19(4)28/h11,13,16,21-25H,9-10,12,14-15,17H2,1-8H3/b13-11-,18-16+. The Kier molecular flexibility index (Phi) is 14.1. The Labute approximate surface area is 215 Å². The summed E-state index contributed by atoms with van der Waals surface area (Å²) in [6.45, 7) is 14.6. The molecule has 0 saturated heterocycles. The lowest BCUT2D eigenvalue weighted by Gasteiger charge is -2.38. The normalized spacial score (nSPS) is 28.7. The van der Waals surface area contributed by atoms with Crippen LogP contribution < -0.4 is 0 Å². The predicted molar refractivity (Wildman–Crippen MR) is 134 cm³/mol. The number of ketones is 1. The van der Waals surface area contributed by atoms with E-state index in [1.165, 1.54) is 19.9 Å². The Morgan fingerprint density at radius 3 is 2.36 bits per heavy atom. The van der Waals surface area contributed by atoms with Crippen molar-refractivity contribution >= 4 is 17.7 Å². The highest BCUT2D eigenvalue weighted by atomic mass is 16.7. The number of allylic oxidation sites excluding steroid dienone is 1. The zero-order valence-electron chi connectivity index (χ0n) is 23.0. The van der Waals surface area contributed by atoms with E-state index in [0.717, 1.165) is 0 Å². The van der Waals surface area contributed by atoms with Crippen LogP contribution in [0.5, 0.6) is 0 Å². The average molecular weight is 513 g/mol. The van der Waals surface area contributed by atoms with Crippen molar-refractivity contribution in [3.05, 3.63) is 23.8 Å². The van der Waals surface area contributed by atoms with Gasteiger partial charge in [-0.2, -0.15) is 0 Å². The van der Waals surface area contributed by atoms with Gasteiger partial charge < -0.3 is 28.4 Å². The van der Waals surface area contributed by atoms with Gasteiger partial charge in [-0.25, -0.2) is 0 Å². The van der Waals surface area contributed by atoms with Gasteiger partial charge in [0.05, 0.1) is 12.5 Å². The van der Waals surface area contributed by atoms with Crippen molar-refractivity contribution in [2.45, 2.75) is 118 Å². The van der Waals surface area contributed by atoms with Gasteiger partial charge in [0.2, 0.25) is 0 Å². The summed E-state index contributed by atoms with van der Waals surface area (Å²) in [6, 6.07) is 0. The topological polar surface area (TPSA) is 107 Å². The van der Waals surface area contributed by atoms with E-state index in [4.69, 9.17) is 28.4 Å². The lowest BCUT2D eigenvalue weighted by Crippen LogP contribution is -2.47. The number of hydrogen-bond acceptors (Lipinski definition) is 9. The van der Waals surface area contributed by atoms with E-state index in [1.807, 2.05) is 20.8 Å². The maximum Gasteiger partial charge on any atom is 0.309 e. The van der Waals surface area contributed by atoms with Gasteiger partial charge in [-0.1, -0.05) is 6.08 Å². The largest absolute Gasteiger partial charge is 0.457 e. The molecule has 0 spiro atoms. The number of carbonyl (C=O) groups is 3. The van der Waals surface area contributed by atoms with Crippen LogP contribution in [0.4, 0.5) is 0 Å². The molecule has 0 N–H and O–H groups in total. The summed E-state index contributed by atoms with van der Waals surface area (Å²) in [5, 5.41) is 0. The van der Waals surface area contributed by atoms with Crippen molar-refractivity contribution in [1.29, 1.82) is 0 Å². The lowest BCUT2D eigenvalue weighted by atomic mass is 9.89. The molecule has 0 aromatic heterocycles. The zero-order valence-corrected chi connectivity index (χ0v) is 23.0. The zero-order chi connectivity index (χ0) is 27.3. The molecule has 0 bridgehead atoms. The molecule has 0 saturated carbocycles. The van der Waals surface area contributed by atoms with Gasteiger partial charge in [0.1, 0.15) is 17.8 Å². The van der Waals surface area contributed by atoms with E-state index in [1.54, 1.807) is 32.9 Å². The van der Waals surface area contributed by atoms with Crippen molar-refractivity contribution in [3.8, 4) is 0 Å². The Hall–Kier alpha value is -2.07. The first-order chi connectivity index (χ1) is 16.9. The number of cyclic esters (lactones) is 1. The van der Waals surface area contributed by atoms with Gasteiger partial charge in [-0.3, -0.25) is 14.4 Å². The van der Waals surface area contributed by atoms with E-state index in [9.17, 15) is 14.4 Å². The van der Waals surface area contributed by atoms with E-state index in [2.05, 4.69) is 0 Å². The van der Waals surface area contributed by atoms with Crippen LogP contribution in [0.15, 0.2) is 23.8 Å². The summed E-state index contributed by atoms with van der Waals surface area (Å²) in [7, 11) is 0. The minimum atomic E-state index is -0.976. The fourth-order valence-electron chi connectivity index (χ4n) is 4.13. The summed E-state index contributed by atoms with van der Waals surface area (Å²) >= 11 is 0. The van der Waals surface area contributed by atoms with Crippen molar-refractivity contribution in [2.24, 2.45) is 0 Å². The highest BCUT2D eigenvalue weighted by Gasteiger charge is 2.39. The van der Waals surface area contributed by atoms with Crippen molar-refractivity contribution in [3.63, 3.8) is 0 Å². The van der Waals surface area contributed by atoms with Crippen molar-refractivity contribution < 1.29 is 42.8 Å². The molecule has 0 aromatic carbocycles. The second kappa shape index (κ2) is 15.9. The third kappa shape index (κ3) is 11.8. The molecule has 206 valence electrons. The predicted octanol–water partition coefficient (Wildman–Crippen LogP) is 4.42. The molecule has 0 fully saturated rings. The third-order valence-corrected chi connectivity index (χ3v) is 5.75. The molecule has 6 unspecified atom stereocenters. The Balaban J connectivity index is 3.43. The first-order valence-electron chi connectivity index (χ1n) is 12.7. The van der Waals surface area contributed by atoms with Crippen LogP contribution in [-0.4, -0.2) is 67.4 Å². The monoisotopic (exact) mass is 512 g/mol. The summed E-state index contributed by atoms with van der Waals surface area (Å²) in [5.41, 5.74) is -0.360. The highest BCUT2D eigenvalue weighted by Crippen LogP contribution is 2.31. The van der Waals surface area contributed by atoms with Crippen molar-refractivity contribution in [2.75, 3.05) is 13.2 Å². The SMILES string of the molecule is CCOC(C)OC1CCC(C)(OC(C)OCC)C(OC(C)=O)/C=C\CC(/C(C)=C/C(C)=O)OC(=O)C1. The number of rotatable bonds is 11. The van der Waals surface area contributed by atoms with Gasteiger partial charge >= 0.3 is 11.9 Å². The van der Waals surface area contributed by atoms with E-state index >= 15 is 0 Å². The smallest absolute Gasteiger partial charge is 0.309 e. The minimum absolute atomic E-state index is 0.0136. The van der Waals surface area contributed by atoms with Crippen LogP contribution in [0.1, 0.15) is 81.1 Å². The fourth-order valence-corrected chi connectivity index (χ4v) is 4.13. The molecule has 0 amide bonds. The minimum Gasteiger partial charge on any atom is -0.457 e. The number of esters is 2. The summed E-state index contributed by atoms with van der Waals surface area (Å²) in [4.78, 5) is 36.5. The van der Waals surface area contributed by atoms with Gasteiger partial charge in [-0.05, 0) is 79.0 Å². The highest BCUT2D eigenvalue weighted by molar-refractivity contribution is 5.88. The number of hydrogen-bond donors (Lipinski definition) is 0. The molecule has 9 nitrogen and oxygen atoms in total. The molecular weight excluding hydrogens is 468 g/mol. The summed E-state index contributed by atoms with van der Waals surface area (Å²) < 4.78 is 34.9. The molecule has 0 radical (unpaired) electrons. The van der Waals surface area contributed by atoms with Crippen LogP contribution >= 0.6 is 0 Å². The Morgan fingerprint density at radius 1 is 1.14 bits per heavy atom. The lowest BCUT2D eigenvalue weighted by molar-refractivity contribution is -0.230. The molecule has 36 heavy (non-hydrogen) atoms. The molecule has 1 rings (SSSR count). The molecule has 1 heterocycles. The van der Waals surface area contributed by atoms with Gasteiger partial charge in [0, 0.05) is 26.6 Å². The summed E-state index contributed by atoms with van der Waals surface area (Å²) in [6.07, 6.45) is 3.02. The van der Waals surface area contributed by atoms with Crippen LogP contribution in [0.3, 0.4) is 0 Å². The quantitative estimate of drug-likeness (QED) is 0.172. The fraction of sp³-hybridized carbons (Fsp3) is 0.741. The molecule has 0 aliphatic carbocycles. The van der Waals surface area contributed by atoms with Crippen LogP contribution in [0, 0.1) is 0 Å². The van der Waals surface area contributed by atoms with E-state index in [0.29, 0.717) is 31.6 Å². The van der Waals surface area contributed by atoms with Gasteiger partial charge in [0.25, 0.3) is 0 Å². The maximum atomic E-state index is 12.9. The Bertz CT molecular complexity index is 775. The number of carbonyl (C=O) groups excluding carboxylic acids is 3. The van der Waals surface area contributed by atoms with Crippen LogP contribution in [0.2, 0.25) is 0 Å². The van der Waals surface area contributed by atoms with Crippen LogP contribution in [0.25, 0.3) is 0 Å². The second-order valence-corrected chi connectivity index (χ2v) is 9.15. The third-order valence-electron chi connectivity index (χ3n) is 5.75. The maximum absolute atomic E-state index is 12.9. The number of ether oxygens (including phenoxy) is 6. The first-order valence-corrected chi connectivity index (χ1v) is 12.7. The Morgan fingerprint density at radius 2 is 1.78 bits per heavy atom. The molecular formula is C27H44O9. The molecule has 0 aromatic rings. The average Bonchev–Trinajstić information content (AvgIpc) is 2.75. The molecule has 1 aliphatic rings. The van der Waals surface area contributed by atoms with Gasteiger partial charge in [-0.15, -0.1) is 0 Å². The second-order valence-electron chi connectivity index (χ2n) is 9.15. The molecule has 9 heteroatoms. The molecule has 6 atom stereocenters. The van der Waals surface area contributed by atoms with Crippen LogP contribution in [-0.2, 0) is 42.8 Å². The van der Waals surface area contributed by atoms with E-state index < -0.39 is 48.4 Å². The molecule has 1 aliphatic heterocycles.